The number of benzene rings is 2. The minimum absolute atomic E-state index is 0.0460. The van der Waals surface area contributed by atoms with Crippen LogP contribution in [0.5, 0.6) is 11.5 Å². The number of carboxylic acid groups (broad SMARTS) is 1. The van der Waals surface area contributed by atoms with Gasteiger partial charge in [0.15, 0.2) is 17.3 Å². The third kappa shape index (κ3) is 3.72. The largest absolute Gasteiger partial charge is 0.504 e. The molecule has 0 aromatic heterocycles. The van der Waals surface area contributed by atoms with Crippen LogP contribution in [-0.4, -0.2) is 27.1 Å². The van der Waals surface area contributed by atoms with Crippen molar-refractivity contribution in [3.8, 4) is 11.5 Å². The van der Waals surface area contributed by atoms with Crippen LogP contribution in [0.4, 0.5) is 0 Å². The lowest BCUT2D eigenvalue weighted by Crippen LogP contribution is -2.12. The Labute approximate surface area is 152 Å². The van der Waals surface area contributed by atoms with Gasteiger partial charge in [-0.25, -0.2) is 0 Å². The molecule has 1 unspecified atom stereocenters. The van der Waals surface area contributed by atoms with Gasteiger partial charge in [-0.05, 0) is 23.5 Å². The number of hydrogen-bond donors (Lipinski definition) is 3. The van der Waals surface area contributed by atoms with Gasteiger partial charge in [0.1, 0.15) is 0 Å². The maximum Gasteiger partial charge on any atom is 0.311 e. The van der Waals surface area contributed by atoms with Gasteiger partial charge in [0.25, 0.3) is 0 Å². The van der Waals surface area contributed by atoms with Crippen molar-refractivity contribution in [2.45, 2.75) is 45.4 Å². The van der Waals surface area contributed by atoms with Gasteiger partial charge in [-0.3, -0.25) is 9.59 Å². The molecule has 0 saturated carbocycles. The van der Waals surface area contributed by atoms with Crippen molar-refractivity contribution in [2.75, 3.05) is 0 Å². The molecule has 5 nitrogen and oxygen atoms in total. The Morgan fingerprint density at radius 2 is 1.54 bits per heavy atom. The first kappa shape index (κ1) is 19.5. The molecular formula is C21H24O5. The molecule has 1 atom stereocenters. The molecule has 0 heterocycles. The van der Waals surface area contributed by atoms with E-state index < -0.39 is 29.2 Å². The van der Waals surface area contributed by atoms with Gasteiger partial charge in [-0.1, -0.05) is 58.0 Å². The van der Waals surface area contributed by atoms with Crippen LogP contribution in [0.3, 0.4) is 0 Å². The minimum atomic E-state index is -1.10. The first-order chi connectivity index (χ1) is 12.1. The van der Waals surface area contributed by atoms with Crippen LogP contribution in [-0.2, 0) is 10.2 Å². The predicted octanol–water partition coefficient (Wildman–Crippen LogP) is 4.20. The Balaban J connectivity index is 2.41. The van der Waals surface area contributed by atoms with E-state index in [2.05, 4.69) is 20.8 Å². The standard InChI is InChI=1S/C21H24O5/c1-5-14(20(25)26)15-10-11-16(19(24)18(15)23)17(22)12-6-8-13(9-7-12)21(2,3)4/h6-11,14,23-24H,5H2,1-4H3,(H,25,26). The lowest BCUT2D eigenvalue weighted by Gasteiger charge is -2.19. The van der Waals surface area contributed by atoms with Gasteiger partial charge < -0.3 is 15.3 Å². The van der Waals surface area contributed by atoms with Crippen LogP contribution in [0.15, 0.2) is 36.4 Å². The summed E-state index contributed by atoms with van der Waals surface area (Å²) in [5.41, 5.74) is 1.44. The van der Waals surface area contributed by atoms with Crippen molar-refractivity contribution >= 4 is 11.8 Å². The van der Waals surface area contributed by atoms with Gasteiger partial charge in [-0.2, -0.15) is 0 Å². The zero-order valence-electron chi connectivity index (χ0n) is 15.4. The van der Waals surface area contributed by atoms with Crippen molar-refractivity contribution in [3.05, 3.63) is 58.7 Å². The van der Waals surface area contributed by atoms with Gasteiger partial charge in [0, 0.05) is 11.1 Å². The summed E-state index contributed by atoms with van der Waals surface area (Å²) in [7, 11) is 0. The summed E-state index contributed by atoms with van der Waals surface area (Å²) < 4.78 is 0. The van der Waals surface area contributed by atoms with Gasteiger partial charge in [-0.15, -0.1) is 0 Å². The first-order valence-corrected chi connectivity index (χ1v) is 8.50. The monoisotopic (exact) mass is 356 g/mol. The summed E-state index contributed by atoms with van der Waals surface area (Å²) in [4.78, 5) is 24.0. The van der Waals surface area contributed by atoms with E-state index in [1.54, 1.807) is 19.1 Å². The third-order valence-electron chi connectivity index (χ3n) is 4.52. The molecule has 26 heavy (non-hydrogen) atoms. The number of phenols is 2. The zero-order chi connectivity index (χ0) is 19.6. The van der Waals surface area contributed by atoms with E-state index in [1.165, 1.54) is 12.1 Å². The second-order valence-corrected chi connectivity index (χ2v) is 7.36. The molecule has 0 aliphatic carbocycles. The predicted molar refractivity (Wildman–Crippen MR) is 99.0 cm³/mol. The van der Waals surface area contributed by atoms with E-state index in [1.807, 2.05) is 12.1 Å². The van der Waals surface area contributed by atoms with Crippen molar-refractivity contribution in [3.63, 3.8) is 0 Å². The van der Waals surface area contributed by atoms with Crippen molar-refractivity contribution in [2.24, 2.45) is 0 Å². The number of phenolic OH excluding ortho intramolecular Hbond substituents is 2. The van der Waals surface area contributed by atoms with Crippen molar-refractivity contribution in [1.29, 1.82) is 0 Å². The van der Waals surface area contributed by atoms with E-state index in [0.717, 1.165) is 5.56 Å². The summed E-state index contributed by atoms with van der Waals surface area (Å²) in [5.74, 6) is -3.63. The molecule has 0 aliphatic rings. The molecule has 0 amide bonds. The summed E-state index contributed by atoms with van der Waals surface area (Å²) in [6, 6.07) is 9.81. The lowest BCUT2D eigenvalue weighted by atomic mass is 9.86. The second kappa shape index (κ2) is 7.20. The van der Waals surface area contributed by atoms with E-state index in [4.69, 9.17) is 0 Å². The summed E-state index contributed by atoms with van der Waals surface area (Å²) in [5, 5.41) is 29.7. The molecule has 2 aromatic carbocycles. The average Bonchev–Trinajstić information content (AvgIpc) is 2.58. The fourth-order valence-corrected chi connectivity index (χ4v) is 2.86. The minimum Gasteiger partial charge on any atom is -0.504 e. The number of aromatic hydroxyl groups is 2. The Morgan fingerprint density at radius 3 is 2.00 bits per heavy atom. The van der Waals surface area contributed by atoms with Crippen LogP contribution in [0.25, 0.3) is 0 Å². The zero-order valence-corrected chi connectivity index (χ0v) is 15.4. The normalized spacial score (nSPS) is 12.6. The van der Waals surface area contributed by atoms with Crippen LogP contribution in [0.1, 0.15) is 67.1 Å². The summed E-state index contributed by atoms with van der Waals surface area (Å²) in [6.45, 7) is 7.88. The fourth-order valence-electron chi connectivity index (χ4n) is 2.86. The third-order valence-corrected chi connectivity index (χ3v) is 4.52. The second-order valence-electron chi connectivity index (χ2n) is 7.36. The van der Waals surface area contributed by atoms with E-state index in [-0.39, 0.29) is 23.0 Å². The Hall–Kier alpha value is -2.82. The lowest BCUT2D eigenvalue weighted by molar-refractivity contribution is -0.138. The number of rotatable bonds is 5. The van der Waals surface area contributed by atoms with Crippen molar-refractivity contribution in [1.82, 2.24) is 0 Å². The molecule has 2 rings (SSSR count). The van der Waals surface area contributed by atoms with Crippen LogP contribution in [0, 0.1) is 0 Å². The number of carboxylic acids is 1. The quantitative estimate of drug-likeness (QED) is 0.551. The number of carbonyl (C=O) groups is 2. The molecule has 0 fully saturated rings. The molecule has 2 aromatic rings. The smallest absolute Gasteiger partial charge is 0.311 e. The average molecular weight is 356 g/mol. The van der Waals surface area contributed by atoms with Crippen molar-refractivity contribution < 1.29 is 24.9 Å². The van der Waals surface area contributed by atoms with Crippen LogP contribution in [0.2, 0.25) is 0 Å². The Kier molecular flexibility index (Phi) is 5.40. The van der Waals surface area contributed by atoms with Crippen LogP contribution >= 0.6 is 0 Å². The Morgan fingerprint density at radius 1 is 0.962 bits per heavy atom. The van der Waals surface area contributed by atoms with Gasteiger partial charge in [0.05, 0.1) is 11.5 Å². The molecular weight excluding hydrogens is 332 g/mol. The molecule has 0 spiro atoms. The number of hydrogen-bond acceptors (Lipinski definition) is 4. The topological polar surface area (TPSA) is 94.8 Å². The summed E-state index contributed by atoms with van der Waals surface area (Å²) >= 11 is 0. The molecule has 0 bridgehead atoms. The molecule has 0 saturated heterocycles. The number of ketones is 1. The Bertz CT molecular complexity index is 829. The molecule has 0 aliphatic heterocycles. The highest BCUT2D eigenvalue weighted by Gasteiger charge is 2.26. The maximum atomic E-state index is 12.7. The van der Waals surface area contributed by atoms with E-state index in [9.17, 15) is 24.9 Å². The van der Waals surface area contributed by atoms with E-state index in [0.29, 0.717) is 5.56 Å². The SMILES string of the molecule is CCC(C(=O)O)c1ccc(C(=O)c2ccc(C(C)(C)C)cc2)c(O)c1O. The number of aliphatic carboxylic acids is 1. The molecule has 5 heteroatoms. The fraction of sp³-hybridized carbons (Fsp3) is 0.333. The van der Waals surface area contributed by atoms with Gasteiger partial charge >= 0.3 is 5.97 Å². The first-order valence-electron chi connectivity index (χ1n) is 8.50. The highest BCUT2D eigenvalue weighted by Crippen LogP contribution is 2.39. The van der Waals surface area contributed by atoms with Crippen LogP contribution < -0.4 is 0 Å². The van der Waals surface area contributed by atoms with E-state index >= 15 is 0 Å². The van der Waals surface area contributed by atoms with Gasteiger partial charge in [0.2, 0.25) is 0 Å². The maximum absolute atomic E-state index is 12.7. The summed E-state index contributed by atoms with van der Waals surface area (Å²) in [6.07, 6.45) is 0.254. The molecule has 0 radical (unpaired) electrons. The molecule has 138 valence electrons. The molecule has 3 N–H and O–H groups in total. The number of carbonyl (C=O) groups excluding carboxylic acids is 1. The highest BCUT2D eigenvalue weighted by atomic mass is 16.4. The highest BCUT2D eigenvalue weighted by molar-refractivity contribution is 6.11.